The maximum Gasteiger partial charge on any atom is 0.253 e. The number of rotatable bonds is 3. The van der Waals surface area contributed by atoms with Crippen molar-refractivity contribution in [2.45, 2.75) is 32.2 Å². The molecule has 0 saturated carbocycles. The summed E-state index contributed by atoms with van der Waals surface area (Å²) in [6, 6.07) is 15.6. The lowest BCUT2D eigenvalue weighted by atomic mass is 9.90. The summed E-state index contributed by atoms with van der Waals surface area (Å²) in [5.41, 5.74) is 5.15. The molecule has 1 aliphatic rings. The molecule has 1 amide bonds. The van der Waals surface area contributed by atoms with E-state index in [1.165, 1.54) is 24.0 Å². The van der Waals surface area contributed by atoms with E-state index in [2.05, 4.69) is 18.2 Å². The number of hydrogen-bond acceptors (Lipinski definition) is 2. The smallest absolute Gasteiger partial charge is 0.253 e. The molecule has 0 unspecified atom stereocenters. The first-order valence-corrected chi connectivity index (χ1v) is 8.03. The second-order valence-electron chi connectivity index (χ2n) is 6.16. The van der Waals surface area contributed by atoms with E-state index in [1.54, 1.807) is 17.0 Å². The van der Waals surface area contributed by atoms with Crippen molar-refractivity contribution >= 4 is 5.91 Å². The van der Waals surface area contributed by atoms with Crippen molar-refractivity contribution in [3.8, 4) is 6.07 Å². The zero-order valence-corrected chi connectivity index (χ0v) is 13.4. The Hall–Kier alpha value is -2.60. The molecule has 3 heteroatoms. The molecule has 1 aliphatic carbocycles. The highest BCUT2D eigenvalue weighted by atomic mass is 16.2. The molecule has 2 aromatic rings. The third-order valence-electron chi connectivity index (χ3n) is 4.44. The maximum absolute atomic E-state index is 12.6. The van der Waals surface area contributed by atoms with Gasteiger partial charge in [0.1, 0.15) is 0 Å². The minimum absolute atomic E-state index is 0.0442. The molecular weight excluding hydrogens is 284 g/mol. The molecule has 0 saturated heterocycles. The first kappa shape index (κ1) is 15.3. The van der Waals surface area contributed by atoms with Crippen LogP contribution < -0.4 is 0 Å². The molecule has 0 heterocycles. The summed E-state index contributed by atoms with van der Waals surface area (Å²) >= 11 is 0. The highest BCUT2D eigenvalue weighted by Gasteiger charge is 2.16. The van der Waals surface area contributed by atoms with Crippen molar-refractivity contribution in [1.29, 1.82) is 5.26 Å². The van der Waals surface area contributed by atoms with Crippen LogP contribution >= 0.6 is 0 Å². The molecule has 0 N–H and O–H groups in total. The zero-order chi connectivity index (χ0) is 16.2. The molecule has 0 aromatic heterocycles. The number of nitrogens with zero attached hydrogens (tertiary/aromatic N) is 2. The monoisotopic (exact) mass is 304 g/mol. The Morgan fingerprint density at radius 3 is 2.48 bits per heavy atom. The van der Waals surface area contributed by atoms with E-state index in [4.69, 9.17) is 5.26 Å². The Kier molecular flexibility index (Phi) is 4.43. The molecule has 0 radical (unpaired) electrons. The Morgan fingerprint density at radius 1 is 1.09 bits per heavy atom. The van der Waals surface area contributed by atoms with Crippen molar-refractivity contribution in [2.75, 3.05) is 7.05 Å². The number of fused-ring (bicyclic) bond motifs is 1. The summed E-state index contributed by atoms with van der Waals surface area (Å²) < 4.78 is 0. The van der Waals surface area contributed by atoms with Gasteiger partial charge in [-0.3, -0.25) is 4.79 Å². The number of hydrogen-bond donors (Lipinski definition) is 0. The number of benzene rings is 2. The van der Waals surface area contributed by atoms with Crippen molar-refractivity contribution in [1.82, 2.24) is 4.90 Å². The largest absolute Gasteiger partial charge is 0.337 e. The predicted octanol–water partition coefficient (Wildman–Crippen LogP) is 3.71. The molecule has 0 bridgehead atoms. The summed E-state index contributed by atoms with van der Waals surface area (Å²) in [6.45, 7) is 0.543. The van der Waals surface area contributed by atoms with E-state index in [0.29, 0.717) is 12.1 Å². The normalized spacial score (nSPS) is 13.0. The van der Waals surface area contributed by atoms with Crippen LogP contribution in [0.3, 0.4) is 0 Å². The van der Waals surface area contributed by atoms with Crippen LogP contribution in [0.1, 0.15) is 45.5 Å². The summed E-state index contributed by atoms with van der Waals surface area (Å²) in [6.07, 6.45) is 4.67. The average Bonchev–Trinajstić information content (AvgIpc) is 2.61. The van der Waals surface area contributed by atoms with Crippen LogP contribution in [-0.4, -0.2) is 17.9 Å². The topological polar surface area (TPSA) is 44.1 Å². The minimum Gasteiger partial charge on any atom is -0.337 e. The minimum atomic E-state index is 0.0442. The summed E-state index contributed by atoms with van der Waals surface area (Å²) in [5, 5.41) is 8.83. The highest BCUT2D eigenvalue weighted by molar-refractivity contribution is 5.94. The maximum atomic E-state index is 12.6. The number of nitriles is 1. The molecule has 23 heavy (non-hydrogen) atoms. The van der Waals surface area contributed by atoms with Crippen LogP contribution in [0.15, 0.2) is 42.5 Å². The van der Waals surface area contributed by atoms with Gasteiger partial charge in [0.15, 0.2) is 0 Å². The molecule has 0 fully saturated rings. The quantitative estimate of drug-likeness (QED) is 0.867. The van der Waals surface area contributed by atoms with Crippen LogP contribution in [0.5, 0.6) is 0 Å². The van der Waals surface area contributed by atoms with Gasteiger partial charge in [0.25, 0.3) is 5.91 Å². The third kappa shape index (κ3) is 3.43. The first-order chi connectivity index (χ1) is 11.2. The predicted molar refractivity (Wildman–Crippen MR) is 90.0 cm³/mol. The summed E-state index contributed by atoms with van der Waals surface area (Å²) in [5.74, 6) is 0.0442. The van der Waals surface area contributed by atoms with E-state index < -0.39 is 0 Å². The average molecular weight is 304 g/mol. The number of carbonyl (C=O) groups excluding carboxylic acids is 1. The van der Waals surface area contributed by atoms with Gasteiger partial charge in [0.05, 0.1) is 11.6 Å². The van der Waals surface area contributed by atoms with Crippen molar-refractivity contribution in [2.24, 2.45) is 0 Å². The van der Waals surface area contributed by atoms with Gasteiger partial charge < -0.3 is 4.90 Å². The molecule has 3 rings (SSSR count). The van der Waals surface area contributed by atoms with Crippen LogP contribution in [0.25, 0.3) is 0 Å². The third-order valence-corrected chi connectivity index (χ3v) is 4.44. The number of aryl methyl sites for hydroxylation is 2. The van der Waals surface area contributed by atoms with E-state index >= 15 is 0 Å². The van der Waals surface area contributed by atoms with Crippen molar-refractivity contribution in [3.05, 3.63) is 70.3 Å². The Morgan fingerprint density at radius 2 is 1.78 bits per heavy atom. The molecular formula is C20H20N2O. The lowest BCUT2D eigenvalue weighted by Crippen LogP contribution is -2.26. The van der Waals surface area contributed by atoms with Gasteiger partial charge in [-0.05, 0) is 66.6 Å². The lowest BCUT2D eigenvalue weighted by molar-refractivity contribution is 0.0785. The Balaban J connectivity index is 1.72. The molecule has 0 atom stereocenters. The molecule has 3 nitrogen and oxygen atoms in total. The highest BCUT2D eigenvalue weighted by Crippen LogP contribution is 2.23. The molecule has 2 aromatic carbocycles. The van der Waals surface area contributed by atoms with E-state index in [9.17, 15) is 4.79 Å². The summed E-state index contributed by atoms with van der Waals surface area (Å²) in [4.78, 5) is 14.4. The van der Waals surface area contributed by atoms with E-state index in [0.717, 1.165) is 24.0 Å². The molecule has 0 spiro atoms. The zero-order valence-electron chi connectivity index (χ0n) is 13.4. The lowest BCUT2D eigenvalue weighted by Gasteiger charge is -2.20. The Bertz CT molecular complexity index is 756. The molecule has 116 valence electrons. The van der Waals surface area contributed by atoms with E-state index in [-0.39, 0.29) is 5.91 Å². The van der Waals surface area contributed by atoms with Crippen LogP contribution in [0.4, 0.5) is 0 Å². The fourth-order valence-electron chi connectivity index (χ4n) is 3.12. The SMILES string of the molecule is CN(Cc1ccc(C#N)cc1)C(=O)c1ccc2c(c1)CCCC2. The van der Waals surface area contributed by atoms with Crippen molar-refractivity contribution < 1.29 is 4.79 Å². The van der Waals surface area contributed by atoms with Gasteiger partial charge in [-0.15, -0.1) is 0 Å². The van der Waals surface area contributed by atoms with Gasteiger partial charge in [0.2, 0.25) is 0 Å². The van der Waals surface area contributed by atoms with Gasteiger partial charge in [-0.2, -0.15) is 5.26 Å². The van der Waals surface area contributed by atoms with Crippen LogP contribution in [0.2, 0.25) is 0 Å². The van der Waals surface area contributed by atoms with Gasteiger partial charge >= 0.3 is 0 Å². The number of amides is 1. The molecule has 0 aliphatic heterocycles. The van der Waals surface area contributed by atoms with Gasteiger partial charge in [-0.25, -0.2) is 0 Å². The van der Waals surface area contributed by atoms with Crippen LogP contribution in [-0.2, 0) is 19.4 Å². The first-order valence-electron chi connectivity index (χ1n) is 8.03. The van der Waals surface area contributed by atoms with Gasteiger partial charge in [-0.1, -0.05) is 18.2 Å². The fourth-order valence-corrected chi connectivity index (χ4v) is 3.12. The second-order valence-corrected chi connectivity index (χ2v) is 6.16. The number of carbonyl (C=O) groups is 1. The standard InChI is InChI=1S/C20H20N2O/c1-22(14-16-8-6-15(13-21)7-9-16)20(23)19-11-10-17-4-2-3-5-18(17)12-19/h6-12H,2-5,14H2,1H3. The Labute approximate surface area is 137 Å². The van der Waals surface area contributed by atoms with Crippen molar-refractivity contribution in [3.63, 3.8) is 0 Å². The second kappa shape index (κ2) is 6.66. The van der Waals surface area contributed by atoms with Gasteiger partial charge in [0, 0.05) is 19.2 Å². The summed E-state index contributed by atoms with van der Waals surface area (Å²) in [7, 11) is 1.82. The van der Waals surface area contributed by atoms with E-state index in [1.807, 2.05) is 25.2 Å². The van der Waals surface area contributed by atoms with Crippen LogP contribution in [0, 0.1) is 11.3 Å². The fraction of sp³-hybridized carbons (Fsp3) is 0.300.